The van der Waals surface area contributed by atoms with Gasteiger partial charge >= 0.3 is 12.0 Å². The number of ether oxygens (including phenoxy) is 2. The van der Waals surface area contributed by atoms with E-state index in [1.807, 2.05) is 23.1 Å². The molecule has 3 N–H and O–H groups in total. The van der Waals surface area contributed by atoms with Crippen LogP contribution in [-0.4, -0.2) is 148 Å². The second-order valence-electron chi connectivity index (χ2n) is 16.9. The highest BCUT2D eigenvalue weighted by Crippen LogP contribution is 2.40. The number of methoxy groups -OCH3 is 2. The summed E-state index contributed by atoms with van der Waals surface area (Å²) in [5.41, 5.74) is 2.60. The molecule has 3 aromatic rings. The van der Waals surface area contributed by atoms with Crippen molar-refractivity contribution in [1.82, 2.24) is 30.4 Å². The average molecular weight is 888 g/mol. The van der Waals surface area contributed by atoms with E-state index in [2.05, 4.69) is 35.7 Å². The van der Waals surface area contributed by atoms with Crippen LogP contribution < -0.4 is 45.0 Å². The zero-order valence-corrected chi connectivity index (χ0v) is 36.4. The van der Waals surface area contributed by atoms with Crippen LogP contribution in [0.1, 0.15) is 61.7 Å². The van der Waals surface area contributed by atoms with Crippen molar-refractivity contribution in [2.75, 3.05) is 105 Å². The molecule has 1 aromatic heterocycles. The predicted molar refractivity (Wildman–Crippen MR) is 235 cm³/mol. The summed E-state index contributed by atoms with van der Waals surface area (Å²) in [6.45, 7) is 4.26. The molecule has 64 heavy (non-hydrogen) atoms. The molecule has 20 heteroatoms. The van der Waals surface area contributed by atoms with Crippen LogP contribution in [0.3, 0.4) is 0 Å². The minimum Gasteiger partial charge on any atom is -0.495 e. The standard InChI is InChI=1S/C44H55F2N11O7/c1-52-34-26-47-42(51-39(34)57(30-6-4-5-7-30)27-44(45,46)41(52)61)49-32-10-8-28(24-36(32)64-3)40(60)48-29-12-17-55(18-13-29)38(59)15-16-53-20-22-54(23-21-53)31-9-11-35(63-2)33(25-31)56-19-14-37(58)50-43(56)62/h8-11,24-26,29-30H,4-7,12-23,27H2,1-3H3,(H,48,60)(H,47,49,51)(H,50,58,62). The smallest absolute Gasteiger partial charge is 0.342 e. The Morgan fingerprint density at radius 1 is 0.891 bits per heavy atom. The van der Waals surface area contributed by atoms with Gasteiger partial charge in [-0.1, -0.05) is 12.8 Å². The maximum Gasteiger partial charge on any atom is 0.342 e. The van der Waals surface area contributed by atoms with Crippen LogP contribution in [0, 0.1) is 0 Å². The van der Waals surface area contributed by atoms with Crippen molar-refractivity contribution in [3.05, 3.63) is 48.2 Å². The Kier molecular flexibility index (Phi) is 13.0. The van der Waals surface area contributed by atoms with Crippen LogP contribution >= 0.6 is 0 Å². The van der Waals surface area contributed by atoms with Crippen molar-refractivity contribution in [3.63, 3.8) is 0 Å². The molecule has 4 aliphatic heterocycles. The minimum atomic E-state index is -3.59. The number of fused-ring (bicyclic) bond motifs is 1. The van der Waals surface area contributed by atoms with Crippen LogP contribution in [0.25, 0.3) is 0 Å². The third-order valence-electron chi connectivity index (χ3n) is 12.9. The van der Waals surface area contributed by atoms with Gasteiger partial charge in [0.2, 0.25) is 17.8 Å². The molecule has 2 aromatic carbocycles. The van der Waals surface area contributed by atoms with Crippen LogP contribution in [0.2, 0.25) is 0 Å². The van der Waals surface area contributed by atoms with Crippen molar-refractivity contribution in [2.45, 2.75) is 69.4 Å². The lowest BCUT2D eigenvalue weighted by Gasteiger charge is -2.37. The Morgan fingerprint density at radius 3 is 2.33 bits per heavy atom. The Bertz CT molecular complexity index is 2260. The molecule has 5 aliphatic rings. The van der Waals surface area contributed by atoms with E-state index in [0.717, 1.165) is 62.4 Å². The Labute approximate surface area is 370 Å². The third kappa shape index (κ3) is 9.46. The van der Waals surface area contributed by atoms with E-state index in [1.165, 1.54) is 25.3 Å². The number of aromatic nitrogens is 2. The summed E-state index contributed by atoms with van der Waals surface area (Å²) in [5, 5.41) is 8.58. The summed E-state index contributed by atoms with van der Waals surface area (Å²) < 4.78 is 41.2. The van der Waals surface area contributed by atoms with Crippen LogP contribution in [0.4, 0.5) is 48.1 Å². The van der Waals surface area contributed by atoms with Crippen molar-refractivity contribution in [3.8, 4) is 11.5 Å². The second-order valence-corrected chi connectivity index (χ2v) is 16.9. The first-order valence-corrected chi connectivity index (χ1v) is 21.9. The number of carbonyl (C=O) groups is 5. The zero-order valence-electron chi connectivity index (χ0n) is 36.4. The molecular weight excluding hydrogens is 833 g/mol. The monoisotopic (exact) mass is 887 g/mol. The normalized spacial score (nSPS) is 19.9. The number of urea groups is 1. The van der Waals surface area contributed by atoms with Gasteiger partial charge in [0, 0.05) is 95.6 Å². The lowest BCUT2D eigenvalue weighted by molar-refractivity contribution is -0.140. The van der Waals surface area contributed by atoms with Gasteiger partial charge in [0.05, 0.1) is 38.3 Å². The lowest BCUT2D eigenvalue weighted by Crippen LogP contribution is -2.50. The molecule has 8 rings (SSSR count). The van der Waals surface area contributed by atoms with E-state index < -0.39 is 24.4 Å². The van der Waals surface area contributed by atoms with Gasteiger partial charge in [-0.05, 0) is 62.1 Å². The summed E-state index contributed by atoms with van der Waals surface area (Å²) in [6.07, 6.45) is 6.48. The molecule has 0 bridgehead atoms. The number of piperazine rings is 1. The quantitative estimate of drug-likeness (QED) is 0.238. The topological polar surface area (TPSA) is 185 Å². The van der Waals surface area contributed by atoms with Gasteiger partial charge in [0.15, 0.2) is 5.82 Å². The van der Waals surface area contributed by atoms with E-state index in [0.29, 0.717) is 67.3 Å². The number of hydrogen-bond donors (Lipinski definition) is 3. The fourth-order valence-electron chi connectivity index (χ4n) is 9.22. The summed E-state index contributed by atoms with van der Waals surface area (Å²) >= 11 is 0. The fraction of sp³-hybridized carbons (Fsp3) is 0.523. The molecule has 342 valence electrons. The first-order chi connectivity index (χ1) is 30.8. The number of carbonyl (C=O) groups excluding carboxylic acids is 5. The van der Waals surface area contributed by atoms with Gasteiger partial charge in [0.1, 0.15) is 17.2 Å². The third-order valence-corrected chi connectivity index (χ3v) is 12.9. The number of benzene rings is 2. The molecule has 4 fully saturated rings. The van der Waals surface area contributed by atoms with Crippen LogP contribution in [0.5, 0.6) is 11.5 Å². The zero-order chi connectivity index (χ0) is 45.1. The molecule has 0 atom stereocenters. The van der Waals surface area contributed by atoms with E-state index in [9.17, 15) is 24.0 Å². The van der Waals surface area contributed by atoms with E-state index >= 15 is 8.78 Å². The molecule has 1 saturated carbocycles. The number of nitrogens with zero attached hydrogens (tertiary/aromatic N) is 8. The largest absolute Gasteiger partial charge is 0.495 e. The Morgan fingerprint density at radius 2 is 1.62 bits per heavy atom. The number of likely N-dealkylation sites (tertiary alicyclic amines) is 1. The highest BCUT2D eigenvalue weighted by atomic mass is 19.3. The number of alkyl halides is 2. The number of halogens is 2. The van der Waals surface area contributed by atoms with Gasteiger partial charge in [0.25, 0.3) is 11.8 Å². The Balaban J connectivity index is 0.804. The van der Waals surface area contributed by atoms with Gasteiger partial charge in [-0.25, -0.2) is 9.78 Å². The highest BCUT2D eigenvalue weighted by molar-refractivity contribution is 6.06. The molecule has 0 spiro atoms. The second kappa shape index (κ2) is 18.8. The molecule has 18 nitrogen and oxygen atoms in total. The number of rotatable bonds is 12. The van der Waals surface area contributed by atoms with Gasteiger partial charge in [-0.3, -0.25) is 34.3 Å². The van der Waals surface area contributed by atoms with Gasteiger partial charge in [-0.2, -0.15) is 13.8 Å². The van der Waals surface area contributed by atoms with Crippen molar-refractivity contribution < 1.29 is 42.2 Å². The van der Waals surface area contributed by atoms with Gasteiger partial charge < -0.3 is 39.7 Å². The van der Waals surface area contributed by atoms with E-state index in [1.54, 1.807) is 30.2 Å². The number of piperidine rings is 1. The molecule has 6 amide bonds. The molecule has 5 heterocycles. The Hall–Kier alpha value is -6.31. The first-order valence-electron chi connectivity index (χ1n) is 21.9. The van der Waals surface area contributed by atoms with E-state index in [4.69, 9.17) is 9.47 Å². The fourth-order valence-corrected chi connectivity index (χ4v) is 9.22. The number of imide groups is 1. The molecule has 0 unspecified atom stereocenters. The van der Waals surface area contributed by atoms with Gasteiger partial charge in [-0.15, -0.1) is 0 Å². The maximum absolute atomic E-state index is 15.0. The molecule has 0 radical (unpaired) electrons. The van der Waals surface area contributed by atoms with Crippen molar-refractivity contribution in [2.24, 2.45) is 0 Å². The van der Waals surface area contributed by atoms with Crippen LogP contribution in [-0.2, 0) is 14.4 Å². The minimum absolute atomic E-state index is 0.0845. The van der Waals surface area contributed by atoms with Crippen LogP contribution in [0.15, 0.2) is 42.6 Å². The summed E-state index contributed by atoms with van der Waals surface area (Å²) in [4.78, 5) is 83.0. The number of nitrogens with one attached hydrogen (secondary N) is 3. The first kappa shape index (κ1) is 44.3. The predicted octanol–water partition coefficient (Wildman–Crippen LogP) is 3.98. The number of hydrogen-bond acceptors (Lipinski definition) is 13. The molecular formula is C44H55F2N11O7. The summed E-state index contributed by atoms with van der Waals surface area (Å²) in [7, 11) is 4.33. The molecule has 1 aliphatic carbocycles. The summed E-state index contributed by atoms with van der Waals surface area (Å²) in [6, 6.07) is 9.87. The highest BCUT2D eigenvalue weighted by Gasteiger charge is 2.49. The molecule has 3 saturated heterocycles. The van der Waals surface area contributed by atoms with Crippen molar-refractivity contribution in [1.29, 1.82) is 0 Å². The average Bonchev–Trinajstić information content (AvgIpc) is 3.83. The van der Waals surface area contributed by atoms with Crippen molar-refractivity contribution >= 4 is 64.2 Å². The number of anilines is 6. The van der Waals surface area contributed by atoms with E-state index in [-0.39, 0.29) is 60.2 Å². The summed E-state index contributed by atoms with van der Waals surface area (Å²) in [5.74, 6) is -4.11. The SMILES string of the molecule is COc1cc(C(=O)NC2CCN(C(=O)CCN3CCN(c4ccc(OC)c(N5CCC(=O)NC5=O)c4)CC3)CC2)ccc1Nc1ncc2c(n1)N(C1CCCC1)CC(F)(F)C(=O)N2C. The number of amides is 6. The lowest BCUT2D eigenvalue weighted by atomic mass is 10.0. The maximum atomic E-state index is 15.0.